The van der Waals surface area contributed by atoms with Gasteiger partial charge < -0.3 is 24.8 Å². The molecule has 0 aliphatic carbocycles. The number of aromatic amines is 1. The van der Waals surface area contributed by atoms with E-state index in [9.17, 15) is 13.8 Å². The number of rotatable bonds is 7. The van der Waals surface area contributed by atoms with Crippen LogP contribution in [-0.2, 0) is 15.8 Å². The van der Waals surface area contributed by atoms with Gasteiger partial charge in [-0.25, -0.2) is 9.37 Å². The van der Waals surface area contributed by atoms with Gasteiger partial charge in [-0.1, -0.05) is 0 Å². The number of alkyl halides is 1. The van der Waals surface area contributed by atoms with Crippen LogP contribution in [0.2, 0.25) is 0 Å². The number of hydrogen-bond donors (Lipinski definition) is 4. The average molecular weight is 335 g/mol. The predicted molar refractivity (Wildman–Crippen MR) is 75.2 cm³/mol. The third-order valence-corrected chi connectivity index (χ3v) is 3.57. The number of anilines is 1. The van der Waals surface area contributed by atoms with Crippen molar-refractivity contribution >= 4 is 24.7 Å². The molecule has 0 unspecified atom stereocenters. The fraction of sp³-hybridized carbons (Fsp3) is 0.500. The van der Waals surface area contributed by atoms with Crippen LogP contribution in [0.15, 0.2) is 11.1 Å². The largest absolute Gasteiger partial charge is 0.373 e. The fourth-order valence-corrected chi connectivity index (χ4v) is 2.15. The van der Waals surface area contributed by atoms with Gasteiger partial charge in [0.15, 0.2) is 11.2 Å². The Bertz CT molecular complexity index is 756. The smallest absolute Gasteiger partial charge is 0.327 e. The number of aromatic nitrogens is 4. The number of nitrogen functional groups attached to an aromatic ring is 1. The SMILES string of the molecule is Nc1nc2c(ncn2C[C@H](CF)OCCP(=O)(O)O)c(=O)[nH]1. The van der Waals surface area contributed by atoms with Gasteiger partial charge in [0, 0.05) is 0 Å². The van der Waals surface area contributed by atoms with Crippen molar-refractivity contribution in [1.29, 1.82) is 0 Å². The number of ether oxygens (including phenoxy) is 1. The highest BCUT2D eigenvalue weighted by molar-refractivity contribution is 7.51. The molecule has 0 radical (unpaired) electrons. The van der Waals surface area contributed by atoms with Crippen molar-refractivity contribution in [1.82, 2.24) is 19.5 Å². The minimum absolute atomic E-state index is 0.0238. The van der Waals surface area contributed by atoms with Crippen LogP contribution in [0.25, 0.3) is 11.2 Å². The summed E-state index contributed by atoms with van der Waals surface area (Å²) in [5, 5.41) is 0. The Morgan fingerprint density at radius 1 is 1.55 bits per heavy atom. The third kappa shape index (κ3) is 4.10. The molecule has 10 nitrogen and oxygen atoms in total. The van der Waals surface area contributed by atoms with Crippen molar-refractivity contribution in [2.24, 2.45) is 0 Å². The Hall–Kier alpha value is -1.81. The van der Waals surface area contributed by atoms with Gasteiger partial charge >= 0.3 is 7.60 Å². The molecule has 0 saturated carbocycles. The van der Waals surface area contributed by atoms with Crippen LogP contribution in [0, 0.1) is 0 Å². The molecule has 5 N–H and O–H groups in total. The molecule has 0 fully saturated rings. The van der Waals surface area contributed by atoms with E-state index in [1.54, 1.807) is 0 Å². The Balaban J connectivity index is 2.11. The van der Waals surface area contributed by atoms with E-state index in [1.165, 1.54) is 10.9 Å². The van der Waals surface area contributed by atoms with E-state index in [-0.39, 0.29) is 30.3 Å². The minimum Gasteiger partial charge on any atom is -0.373 e. The molecule has 0 aromatic carbocycles. The van der Waals surface area contributed by atoms with Gasteiger partial charge in [-0.05, 0) is 0 Å². The van der Waals surface area contributed by atoms with Gasteiger partial charge in [0.1, 0.15) is 12.8 Å². The summed E-state index contributed by atoms with van der Waals surface area (Å²) < 4.78 is 30.2. The van der Waals surface area contributed by atoms with E-state index in [4.69, 9.17) is 20.3 Å². The molecule has 122 valence electrons. The third-order valence-electron chi connectivity index (χ3n) is 2.80. The van der Waals surface area contributed by atoms with E-state index in [0.717, 1.165) is 0 Å². The van der Waals surface area contributed by atoms with Crippen LogP contribution in [0.1, 0.15) is 0 Å². The lowest BCUT2D eigenvalue weighted by molar-refractivity contribution is 0.0331. The van der Waals surface area contributed by atoms with E-state index in [0.29, 0.717) is 0 Å². The number of nitrogens with two attached hydrogens (primary N) is 1. The van der Waals surface area contributed by atoms with Gasteiger partial charge in [-0.2, -0.15) is 4.98 Å². The predicted octanol–water partition coefficient (Wildman–Crippen LogP) is -0.766. The van der Waals surface area contributed by atoms with E-state index in [1.807, 2.05) is 0 Å². The second-order valence-corrected chi connectivity index (χ2v) is 6.33. The molecule has 2 rings (SSSR count). The summed E-state index contributed by atoms with van der Waals surface area (Å²) in [4.78, 5) is 39.1. The summed E-state index contributed by atoms with van der Waals surface area (Å²) in [5.41, 5.74) is 5.17. The summed E-state index contributed by atoms with van der Waals surface area (Å²) in [6.45, 7) is -1.19. The Kier molecular flexibility index (Phi) is 4.91. The number of nitrogens with zero attached hydrogens (tertiary/aromatic N) is 3. The van der Waals surface area contributed by atoms with E-state index >= 15 is 0 Å². The molecule has 0 spiro atoms. The highest BCUT2D eigenvalue weighted by atomic mass is 31.2. The molecular formula is C10H15FN5O5P. The maximum atomic E-state index is 13.0. The number of halogens is 1. The number of hydrogen-bond acceptors (Lipinski definition) is 6. The monoisotopic (exact) mass is 335 g/mol. The molecule has 2 heterocycles. The van der Waals surface area contributed by atoms with Crippen LogP contribution in [-0.4, -0.2) is 54.9 Å². The summed E-state index contributed by atoms with van der Waals surface area (Å²) in [6.07, 6.45) is -0.160. The highest BCUT2D eigenvalue weighted by Crippen LogP contribution is 2.33. The van der Waals surface area contributed by atoms with Gasteiger partial charge in [-0.3, -0.25) is 14.3 Å². The van der Waals surface area contributed by atoms with Crippen molar-refractivity contribution in [3.8, 4) is 0 Å². The zero-order valence-electron chi connectivity index (χ0n) is 11.3. The van der Waals surface area contributed by atoms with Crippen molar-refractivity contribution in [3.63, 3.8) is 0 Å². The molecule has 12 heteroatoms. The molecular weight excluding hydrogens is 320 g/mol. The van der Waals surface area contributed by atoms with Crippen LogP contribution in [0.3, 0.4) is 0 Å². The molecule has 2 aromatic rings. The zero-order chi connectivity index (χ0) is 16.3. The maximum Gasteiger partial charge on any atom is 0.327 e. The molecule has 0 aliphatic rings. The number of fused-ring (bicyclic) bond motifs is 1. The van der Waals surface area contributed by atoms with Gasteiger partial charge in [0.05, 0.1) is 25.6 Å². The highest BCUT2D eigenvalue weighted by Gasteiger charge is 2.17. The van der Waals surface area contributed by atoms with Crippen molar-refractivity contribution in [3.05, 3.63) is 16.7 Å². The quantitative estimate of drug-likeness (QED) is 0.481. The lowest BCUT2D eigenvalue weighted by atomic mass is 10.4. The van der Waals surface area contributed by atoms with E-state index < -0.39 is 32.1 Å². The summed E-state index contributed by atoms with van der Waals surface area (Å²) in [5.74, 6) is -0.0986. The zero-order valence-corrected chi connectivity index (χ0v) is 12.2. The molecule has 0 saturated heterocycles. The molecule has 0 aliphatic heterocycles. The molecule has 0 bridgehead atoms. The van der Waals surface area contributed by atoms with Gasteiger partial charge in [0.2, 0.25) is 5.95 Å². The second-order valence-electron chi connectivity index (χ2n) is 4.56. The Labute approximate surface area is 123 Å². The molecule has 2 aromatic heterocycles. The number of imidazole rings is 1. The lowest BCUT2D eigenvalue weighted by Crippen LogP contribution is -2.24. The standard InChI is InChI=1S/C10H15FN5O5P/c11-3-6(21-1-2-22(18,19)20)4-16-5-13-7-8(16)14-10(12)15-9(7)17/h5-6H,1-4H2,(H2,18,19,20)(H3,12,14,15,17)/t6-/m0/s1. The minimum atomic E-state index is -4.20. The first-order valence-electron chi connectivity index (χ1n) is 6.23. The number of nitrogens with one attached hydrogen (secondary N) is 1. The second kappa shape index (κ2) is 6.53. The van der Waals surface area contributed by atoms with Crippen LogP contribution in [0.5, 0.6) is 0 Å². The molecule has 22 heavy (non-hydrogen) atoms. The van der Waals surface area contributed by atoms with E-state index in [2.05, 4.69) is 15.0 Å². The fourth-order valence-electron chi connectivity index (χ4n) is 1.81. The summed E-state index contributed by atoms with van der Waals surface area (Å²) in [6, 6.07) is 0. The topological polar surface area (TPSA) is 156 Å². The first-order valence-corrected chi connectivity index (χ1v) is 8.02. The Morgan fingerprint density at radius 2 is 2.27 bits per heavy atom. The molecule has 0 amide bonds. The Morgan fingerprint density at radius 3 is 2.91 bits per heavy atom. The molecule has 1 atom stereocenters. The first-order chi connectivity index (χ1) is 10.3. The lowest BCUT2D eigenvalue weighted by Gasteiger charge is -2.15. The average Bonchev–Trinajstić information content (AvgIpc) is 2.79. The summed E-state index contributed by atoms with van der Waals surface area (Å²) >= 11 is 0. The maximum absolute atomic E-state index is 13.0. The first kappa shape index (κ1) is 16.6. The van der Waals surface area contributed by atoms with Gasteiger partial charge in [-0.15, -0.1) is 0 Å². The van der Waals surface area contributed by atoms with Crippen LogP contribution >= 0.6 is 7.60 Å². The van der Waals surface area contributed by atoms with Crippen LogP contribution < -0.4 is 11.3 Å². The number of H-pyrrole nitrogens is 1. The van der Waals surface area contributed by atoms with Gasteiger partial charge in [0.25, 0.3) is 5.56 Å². The van der Waals surface area contributed by atoms with Crippen molar-refractivity contribution in [2.45, 2.75) is 12.6 Å². The van der Waals surface area contributed by atoms with Crippen molar-refractivity contribution < 1.29 is 23.5 Å². The summed E-state index contributed by atoms with van der Waals surface area (Å²) in [7, 11) is -4.20. The normalized spacial score (nSPS) is 13.6. The van der Waals surface area contributed by atoms with Crippen LogP contribution in [0.4, 0.5) is 10.3 Å². The van der Waals surface area contributed by atoms with Crippen molar-refractivity contribution in [2.75, 3.05) is 25.2 Å².